The molecule has 0 spiro atoms. The molecule has 0 amide bonds. The summed E-state index contributed by atoms with van der Waals surface area (Å²) in [5.74, 6) is 1.65. The van der Waals surface area contributed by atoms with Crippen molar-refractivity contribution in [2.75, 3.05) is 5.73 Å². The van der Waals surface area contributed by atoms with E-state index in [1.807, 2.05) is 13.8 Å². The van der Waals surface area contributed by atoms with Crippen LogP contribution in [0.5, 0.6) is 0 Å². The molecule has 2 rings (SSSR count). The maximum absolute atomic E-state index is 5.66. The molecule has 2 heterocycles. The number of aryl methyl sites for hydroxylation is 2. The number of nitrogen functional groups attached to an aromatic ring is 1. The van der Waals surface area contributed by atoms with Crippen LogP contribution in [-0.2, 0) is 0 Å². The maximum Gasteiger partial charge on any atom is 0.239 e. The topological polar surface area (TPSA) is 90.7 Å². The Morgan fingerprint density at radius 2 is 2.06 bits per heavy atom. The number of rotatable bonds is 3. The second-order valence-electron chi connectivity index (χ2n) is 3.66. The quantitative estimate of drug-likeness (QED) is 0.658. The molecule has 0 unspecified atom stereocenters. The lowest BCUT2D eigenvalue weighted by atomic mass is 10.4. The predicted octanol–water partition coefficient (Wildman–Crippen LogP) is 1.91. The summed E-state index contributed by atoms with van der Waals surface area (Å²) in [6, 6.07) is 1.73. The summed E-state index contributed by atoms with van der Waals surface area (Å²) in [6.07, 6.45) is 0. The predicted molar refractivity (Wildman–Crippen MR) is 64.5 cm³/mol. The highest BCUT2D eigenvalue weighted by Crippen LogP contribution is 2.31. The highest BCUT2D eigenvalue weighted by molar-refractivity contribution is 7.99. The van der Waals surface area contributed by atoms with E-state index in [2.05, 4.69) is 20.1 Å². The highest BCUT2D eigenvalue weighted by atomic mass is 32.2. The van der Waals surface area contributed by atoms with E-state index in [0.29, 0.717) is 22.7 Å². The maximum atomic E-state index is 5.66. The average molecular weight is 251 g/mol. The summed E-state index contributed by atoms with van der Waals surface area (Å²) in [7, 11) is 0. The van der Waals surface area contributed by atoms with Gasteiger partial charge in [0.25, 0.3) is 0 Å². The van der Waals surface area contributed by atoms with Crippen LogP contribution < -0.4 is 5.73 Å². The molecule has 0 saturated heterocycles. The monoisotopic (exact) mass is 251 g/mol. The molecule has 7 heteroatoms. The first-order chi connectivity index (χ1) is 8.04. The zero-order chi connectivity index (χ0) is 12.4. The molecule has 0 saturated carbocycles. The van der Waals surface area contributed by atoms with E-state index in [1.165, 1.54) is 11.8 Å². The third kappa shape index (κ3) is 2.94. The normalized spacial score (nSPS) is 12.6. The molecule has 90 valence electrons. The van der Waals surface area contributed by atoms with Crippen LogP contribution in [-0.4, -0.2) is 20.1 Å². The molecule has 0 aliphatic carbocycles. The van der Waals surface area contributed by atoms with Crippen molar-refractivity contribution in [2.45, 2.75) is 31.2 Å². The average Bonchev–Trinajstić information content (AvgIpc) is 2.63. The van der Waals surface area contributed by atoms with Crippen LogP contribution in [0.3, 0.4) is 0 Å². The molecule has 0 bridgehead atoms. The van der Waals surface area contributed by atoms with Crippen molar-refractivity contribution in [1.82, 2.24) is 20.1 Å². The summed E-state index contributed by atoms with van der Waals surface area (Å²) < 4.78 is 5.09. The van der Waals surface area contributed by atoms with Gasteiger partial charge in [-0.05, 0) is 20.8 Å². The Bertz CT molecular complexity index is 507. The lowest BCUT2D eigenvalue weighted by Crippen LogP contribution is -1.98. The summed E-state index contributed by atoms with van der Waals surface area (Å²) in [5.41, 5.74) is 6.50. The summed E-state index contributed by atoms with van der Waals surface area (Å²) in [5, 5.41) is 4.36. The number of thioether (sulfide) groups is 1. The van der Waals surface area contributed by atoms with E-state index in [4.69, 9.17) is 10.3 Å². The van der Waals surface area contributed by atoms with Crippen molar-refractivity contribution in [3.8, 4) is 0 Å². The van der Waals surface area contributed by atoms with Gasteiger partial charge in [0.15, 0.2) is 11.0 Å². The standard InChI is InChI=1S/C10H13N5OS/c1-5-4-8(11)14-10(12-5)17-6(2)9-13-7(3)15-16-9/h4,6H,1-3H3,(H2,11,12,14)/t6-/m1/s1. The van der Waals surface area contributed by atoms with Gasteiger partial charge in [0.2, 0.25) is 5.89 Å². The Balaban J connectivity index is 2.15. The molecule has 0 aliphatic rings. The fourth-order valence-electron chi connectivity index (χ4n) is 1.30. The number of nitrogens with zero attached hydrogens (tertiary/aromatic N) is 4. The second-order valence-corrected chi connectivity index (χ2v) is 4.96. The number of hydrogen-bond donors (Lipinski definition) is 1. The largest absolute Gasteiger partial charge is 0.384 e. The fraction of sp³-hybridized carbons (Fsp3) is 0.400. The molecule has 0 radical (unpaired) electrons. The van der Waals surface area contributed by atoms with Gasteiger partial charge in [0.1, 0.15) is 5.82 Å². The molecule has 6 nitrogen and oxygen atoms in total. The molecule has 17 heavy (non-hydrogen) atoms. The van der Waals surface area contributed by atoms with E-state index in [1.54, 1.807) is 13.0 Å². The molecule has 2 aromatic rings. The lowest BCUT2D eigenvalue weighted by Gasteiger charge is -2.06. The third-order valence-electron chi connectivity index (χ3n) is 2.03. The Hall–Kier alpha value is -1.63. The molecule has 2 N–H and O–H groups in total. The Labute approximate surface area is 103 Å². The van der Waals surface area contributed by atoms with Gasteiger partial charge in [-0.3, -0.25) is 0 Å². The van der Waals surface area contributed by atoms with E-state index < -0.39 is 0 Å². The van der Waals surface area contributed by atoms with E-state index in [0.717, 1.165) is 5.69 Å². The number of aromatic nitrogens is 4. The molecule has 0 fully saturated rings. The minimum atomic E-state index is -0.00241. The van der Waals surface area contributed by atoms with Gasteiger partial charge in [0.05, 0.1) is 5.25 Å². The number of hydrogen-bond acceptors (Lipinski definition) is 7. The smallest absolute Gasteiger partial charge is 0.239 e. The summed E-state index contributed by atoms with van der Waals surface area (Å²) >= 11 is 1.44. The van der Waals surface area contributed by atoms with Crippen LogP contribution in [0.2, 0.25) is 0 Å². The van der Waals surface area contributed by atoms with Crippen molar-refractivity contribution < 1.29 is 4.52 Å². The first kappa shape index (κ1) is 11.8. The van der Waals surface area contributed by atoms with Crippen molar-refractivity contribution in [3.63, 3.8) is 0 Å². The van der Waals surface area contributed by atoms with Crippen molar-refractivity contribution in [1.29, 1.82) is 0 Å². The number of anilines is 1. The van der Waals surface area contributed by atoms with Gasteiger partial charge in [-0.15, -0.1) is 0 Å². The van der Waals surface area contributed by atoms with Gasteiger partial charge < -0.3 is 10.3 Å². The fourth-order valence-corrected chi connectivity index (χ4v) is 2.17. The minimum absolute atomic E-state index is 0.00241. The van der Waals surface area contributed by atoms with Crippen LogP contribution in [0, 0.1) is 13.8 Å². The highest BCUT2D eigenvalue weighted by Gasteiger charge is 2.16. The van der Waals surface area contributed by atoms with Gasteiger partial charge in [-0.1, -0.05) is 16.9 Å². The summed E-state index contributed by atoms with van der Waals surface area (Å²) in [6.45, 7) is 5.62. The number of nitrogens with two attached hydrogens (primary N) is 1. The SMILES string of the molecule is Cc1cc(N)nc(S[C@H](C)c2nc(C)no2)n1. The third-order valence-corrected chi connectivity index (χ3v) is 2.98. The minimum Gasteiger partial charge on any atom is -0.384 e. The zero-order valence-corrected chi connectivity index (χ0v) is 10.7. The molecule has 0 aromatic carbocycles. The van der Waals surface area contributed by atoms with Gasteiger partial charge in [-0.2, -0.15) is 4.98 Å². The van der Waals surface area contributed by atoms with Crippen molar-refractivity contribution >= 4 is 17.6 Å². The van der Waals surface area contributed by atoms with E-state index >= 15 is 0 Å². The second kappa shape index (κ2) is 4.70. The Morgan fingerprint density at radius 3 is 2.65 bits per heavy atom. The van der Waals surface area contributed by atoms with E-state index in [9.17, 15) is 0 Å². The Morgan fingerprint density at radius 1 is 1.29 bits per heavy atom. The zero-order valence-electron chi connectivity index (χ0n) is 9.84. The molecular formula is C10H13N5OS. The molecule has 1 atom stereocenters. The van der Waals surface area contributed by atoms with Gasteiger partial charge >= 0.3 is 0 Å². The van der Waals surface area contributed by atoms with Crippen LogP contribution in [0.25, 0.3) is 0 Å². The molecular weight excluding hydrogens is 238 g/mol. The Kier molecular flexibility index (Phi) is 3.28. The molecule has 0 aliphatic heterocycles. The first-order valence-corrected chi connectivity index (χ1v) is 6.00. The van der Waals surface area contributed by atoms with Crippen molar-refractivity contribution in [3.05, 3.63) is 23.5 Å². The molecule has 2 aromatic heterocycles. The van der Waals surface area contributed by atoms with E-state index in [-0.39, 0.29) is 5.25 Å². The van der Waals surface area contributed by atoms with Crippen LogP contribution in [0.4, 0.5) is 5.82 Å². The first-order valence-electron chi connectivity index (χ1n) is 5.12. The van der Waals surface area contributed by atoms with Crippen LogP contribution >= 0.6 is 11.8 Å². The lowest BCUT2D eigenvalue weighted by molar-refractivity contribution is 0.376. The van der Waals surface area contributed by atoms with Gasteiger partial charge in [0, 0.05) is 11.8 Å². The van der Waals surface area contributed by atoms with Gasteiger partial charge in [-0.25, -0.2) is 9.97 Å². The van der Waals surface area contributed by atoms with Crippen molar-refractivity contribution in [2.24, 2.45) is 0 Å². The van der Waals surface area contributed by atoms with Crippen LogP contribution in [0.15, 0.2) is 15.7 Å². The summed E-state index contributed by atoms with van der Waals surface area (Å²) in [4.78, 5) is 12.6. The van der Waals surface area contributed by atoms with Crippen LogP contribution in [0.1, 0.15) is 29.6 Å².